The Morgan fingerprint density at radius 1 is 1.10 bits per heavy atom. The van der Waals surface area contributed by atoms with Crippen molar-refractivity contribution in [3.8, 4) is 5.75 Å². The molecule has 1 aromatic rings. The molecule has 0 aliphatic heterocycles. The topological polar surface area (TPSA) is 59.6 Å². The Morgan fingerprint density at radius 3 is 2.48 bits per heavy atom. The number of unbranched alkanes of at least 4 members (excludes halogenated alkanes) is 1. The summed E-state index contributed by atoms with van der Waals surface area (Å²) in [5.74, 6) is 0.811. The number of benzene rings is 1. The van der Waals surface area contributed by atoms with Crippen molar-refractivity contribution in [3.63, 3.8) is 0 Å². The first-order chi connectivity index (χ1) is 10.3. The minimum atomic E-state index is -0.153. The highest BCUT2D eigenvalue weighted by Crippen LogP contribution is 2.10. The summed E-state index contributed by atoms with van der Waals surface area (Å²) >= 11 is 0. The molecule has 0 spiro atoms. The molecular formula is C16H26N2O3. The van der Waals surface area contributed by atoms with Crippen LogP contribution < -0.4 is 15.4 Å². The molecule has 0 fully saturated rings. The summed E-state index contributed by atoms with van der Waals surface area (Å²) in [7, 11) is 1.63. The van der Waals surface area contributed by atoms with Crippen LogP contribution in [0.25, 0.3) is 0 Å². The van der Waals surface area contributed by atoms with Gasteiger partial charge in [-0.3, -0.25) is 0 Å². The van der Waals surface area contributed by atoms with E-state index in [-0.39, 0.29) is 6.03 Å². The van der Waals surface area contributed by atoms with Gasteiger partial charge in [0.25, 0.3) is 0 Å². The molecule has 5 nitrogen and oxygen atoms in total. The molecule has 5 heteroatoms. The Hall–Kier alpha value is -1.75. The average Bonchev–Trinajstić information content (AvgIpc) is 2.52. The Balaban J connectivity index is 2.05. The second kappa shape index (κ2) is 11.0. The van der Waals surface area contributed by atoms with Gasteiger partial charge in [-0.25, -0.2) is 4.79 Å². The molecule has 0 heterocycles. The van der Waals surface area contributed by atoms with Crippen LogP contribution in [0, 0.1) is 0 Å². The van der Waals surface area contributed by atoms with Gasteiger partial charge in [0.1, 0.15) is 5.75 Å². The molecule has 2 N–H and O–H groups in total. The molecule has 0 atom stereocenters. The van der Waals surface area contributed by atoms with E-state index >= 15 is 0 Å². The second-order valence-electron chi connectivity index (χ2n) is 4.78. The summed E-state index contributed by atoms with van der Waals surface area (Å²) in [6.07, 6.45) is 3.07. The molecule has 0 radical (unpaired) electrons. The van der Waals surface area contributed by atoms with Gasteiger partial charge in [0, 0.05) is 26.3 Å². The van der Waals surface area contributed by atoms with Crippen LogP contribution in [-0.2, 0) is 11.3 Å². The zero-order valence-electron chi connectivity index (χ0n) is 13.0. The van der Waals surface area contributed by atoms with Gasteiger partial charge in [-0.05, 0) is 30.5 Å². The van der Waals surface area contributed by atoms with Gasteiger partial charge in [0.15, 0.2) is 0 Å². The van der Waals surface area contributed by atoms with Crippen molar-refractivity contribution in [3.05, 3.63) is 29.8 Å². The number of carbonyl (C=O) groups excluding carboxylic acids is 1. The highest BCUT2D eigenvalue weighted by atomic mass is 16.5. The highest BCUT2D eigenvalue weighted by molar-refractivity contribution is 5.73. The van der Waals surface area contributed by atoms with Gasteiger partial charge in [-0.2, -0.15) is 0 Å². The summed E-state index contributed by atoms with van der Waals surface area (Å²) in [4.78, 5) is 11.6. The van der Waals surface area contributed by atoms with Crippen molar-refractivity contribution in [2.75, 3.05) is 26.9 Å². The maximum atomic E-state index is 11.6. The van der Waals surface area contributed by atoms with Crippen LogP contribution in [0.1, 0.15) is 31.7 Å². The number of ether oxygens (including phenoxy) is 2. The van der Waals surface area contributed by atoms with E-state index in [1.165, 1.54) is 0 Å². The predicted octanol–water partition coefficient (Wildman–Crippen LogP) is 2.70. The lowest BCUT2D eigenvalue weighted by atomic mass is 10.2. The summed E-state index contributed by atoms with van der Waals surface area (Å²) in [5.41, 5.74) is 1.04. The number of urea groups is 1. The Labute approximate surface area is 127 Å². The van der Waals surface area contributed by atoms with Gasteiger partial charge in [0.05, 0.1) is 7.11 Å². The van der Waals surface area contributed by atoms with E-state index < -0.39 is 0 Å². The van der Waals surface area contributed by atoms with Gasteiger partial charge < -0.3 is 20.1 Å². The van der Waals surface area contributed by atoms with Crippen LogP contribution in [0.5, 0.6) is 5.75 Å². The molecule has 0 bridgehead atoms. The maximum Gasteiger partial charge on any atom is 0.315 e. The van der Waals surface area contributed by atoms with Gasteiger partial charge in [-0.1, -0.05) is 25.5 Å². The third-order valence-electron chi connectivity index (χ3n) is 3.01. The normalized spacial score (nSPS) is 10.2. The standard InChI is InChI=1S/C16H26N2O3/c1-3-4-11-21-12-5-10-17-16(19)18-13-14-6-8-15(20-2)9-7-14/h6-9H,3-5,10-13H2,1-2H3,(H2,17,18,19). The lowest BCUT2D eigenvalue weighted by molar-refractivity contribution is 0.129. The fraction of sp³-hybridized carbons (Fsp3) is 0.562. The van der Waals surface area contributed by atoms with E-state index in [0.717, 1.165) is 37.2 Å². The number of nitrogens with one attached hydrogen (secondary N) is 2. The van der Waals surface area contributed by atoms with E-state index in [1.54, 1.807) is 7.11 Å². The lowest BCUT2D eigenvalue weighted by Gasteiger charge is -2.08. The molecule has 0 aliphatic rings. The SMILES string of the molecule is CCCCOCCCNC(=O)NCc1ccc(OC)cc1. The van der Waals surface area contributed by atoms with Crippen LogP contribution >= 0.6 is 0 Å². The summed E-state index contributed by atoms with van der Waals surface area (Å²) < 4.78 is 10.5. The van der Waals surface area contributed by atoms with E-state index in [4.69, 9.17) is 9.47 Å². The molecule has 1 aromatic carbocycles. The van der Waals surface area contributed by atoms with Gasteiger partial charge >= 0.3 is 6.03 Å². The summed E-state index contributed by atoms with van der Waals surface area (Å²) in [6, 6.07) is 7.46. The first kappa shape index (κ1) is 17.3. The molecular weight excluding hydrogens is 268 g/mol. The molecule has 21 heavy (non-hydrogen) atoms. The number of rotatable bonds is 10. The number of carbonyl (C=O) groups is 1. The number of amides is 2. The second-order valence-corrected chi connectivity index (χ2v) is 4.78. The molecule has 0 saturated heterocycles. The van der Waals surface area contributed by atoms with E-state index in [0.29, 0.717) is 19.7 Å². The van der Waals surface area contributed by atoms with E-state index in [2.05, 4.69) is 17.6 Å². The fourth-order valence-corrected chi connectivity index (χ4v) is 1.71. The monoisotopic (exact) mass is 294 g/mol. The van der Waals surface area contributed by atoms with Crippen molar-refractivity contribution in [2.45, 2.75) is 32.7 Å². The van der Waals surface area contributed by atoms with Crippen molar-refractivity contribution in [1.82, 2.24) is 10.6 Å². The first-order valence-corrected chi connectivity index (χ1v) is 7.48. The van der Waals surface area contributed by atoms with E-state index in [9.17, 15) is 4.79 Å². The molecule has 118 valence electrons. The van der Waals surface area contributed by atoms with Crippen molar-refractivity contribution in [1.29, 1.82) is 0 Å². The fourth-order valence-electron chi connectivity index (χ4n) is 1.71. The first-order valence-electron chi connectivity index (χ1n) is 7.48. The zero-order chi connectivity index (χ0) is 15.3. The Morgan fingerprint density at radius 2 is 1.81 bits per heavy atom. The predicted molar refractivity (Wildman–Crippen MR) is 83.6 cm³/mol. The van der Waals surface area contributed by atoms with Crippen LogP contribution in [0.3, 0.4) is 0 Å². The number of hydrogen-bond donors (Lipinski definition) is 2. The molecule has 2 amide bonds. The van der Waals surface area contributed by atoms with Gasteiger partial charge in [-0.15, -0.1) is 0 Å². The Kier molecular flexibility index (Phi) is 9.04. The van der Waals surface area contributed by atoms with Crippen LogP contribution in [0.4, 0.5) is 4.79 Å². The minimum absolute atomic E-state index is 0.153. The summed E-state index contributed by atoms with van der Waals surface area (Å²) in [6.45, 7) is 4.76. The average molecular weight is 294 g/mol. The van der Waals surface area contributed by atoms with Crippen molar-refractivity contribution in [2.24, 2.45) is 0 Å². The Bertz CT molecular complexity index is 393. The molecule has 0 aromatic heterocycles. The van der Waals surface area contributed by atoms with Gasteiger partial charge in [0.2, 0.25) is 0 Å². The summed E-state index contributed by atoms with van der Waals surface area (Å²) in [5, 5.41) is 5.63. The third-order valence-corrected chi connectivity index (χ3v) is 3.01. The molecule has 0 unspecified atom stereocenters. The molecule has 1 rings (SSSR count). The largest absolute Gasteiger partial charge is 0.497 e. The van der Waals surface area contributed by atoms with Crippen molar-refractivity contribution >= 4 is 6.03 Å². The van der Waals surface area contributed by atoms with Crippen LogP contribution in [-0.4, -0.2) is 32.9 Å². The maximum absolute atomic E-state index is 11.6. The number of methoxy groups -OCH3 is 1. The molecule has 0 saturated carbocycles. The number of hydrogen-bond acceptors (Lipinski definition) is 3. The quantitative estimate of drug-likeness (QED) is 0.652. The van der Waals surface area contributed by atoms with Crippen molar-refractivity contribution < 1.29 is 14.3 Å². The highest BCUT2D eigenvalue weighted by Gasteiger charge is 2.00. The minimum Gasteiger partial charge on any atom is -0.497 e. The van der Waals surface area contributed by atoms with Crippen LogP contribution in [0.2, 0.25) is 0 Å². The zero-order valence-corrected chi connectivity index (χ0v) is 13.0. The van der Waals surface area contributed by atoms with E-state index in [1.807, 2.05) is 24.3 Å². The smallest absolute Gasteiger partial charge is 0.315 e. The molecule has 0 aliphatic carbocycles. The van der Waals surface area contributed by atoms with Crippen LogP contribution in [0.15, 0.2) is 24.3 Å². The third kappa shape index (κ3) is 8.19. The lowest BCUT2D eigenvalue weighted by Crippen LogP contribution is -2.35.